The molecule has 368 valence electrons. The highest BCUT2D eigenvalue weighted by molar-refractivity contribution is 5.76. The van der Waals surface area contributed by atoms with Crippen LogP contribution < -0.4 is 30.4 Å². The Morgan fingerprint density at radius 1 is 0.414 bits per heavy atom. The number of nitrogens with two attached hydrogens (primary N) is 2. The molecule has 0 aliphatic heterocycles. The lowest BCUT2D eigenvalue weighted by Crippen LogP contribution is -2.23. The van der Waals surface area contributed by atoms with Crippen LogP contribution in [0, 0.1) is 0 Å². The van der Waals surface area contributed by atoms with E-state index in [1.54, 1.807) is 12.4 Å². The van der Waals surface area contributed by atoms with E-state index in [0.29, 0.717) is 37.2 Å². The number of primary amides is 2. The summed E-state index contributed by atoms with van der Waals surface area (Å²) < 4.78 is 27.3. The van der Waals surface area contributed by atoms with Crippen molar-refractivity contribution in [2.24, 2.45) is 11.5 Å². The minimum Gasteiger partial charge on any atom is -0.487 e. The second-order valence-corrected chi connectivity index (χ2v) is 22.9. The fourth-order valence-electron chi connectivity index (χ4n) is 8.91. The van der Waals surface area contributed by atoms with Crippen molar-refractivity contribution in [3.05, 3.63) is 175 Å². The highest BCUT2D eigenvalue weighted by atomic mass is 16.5. The Morgan fingerprint density at radius 2 is 0.657 bits per heavy atom. The quantitative estimate of drug-likeness (QED) is 0.123. The number of fused-ring (bicyclic) bond motifs is 8. The molecular formula is C60H72N4O6. The van der Waals surface area contributed by atoms with Gasteiger partial charge in [-0.05, 0) is 113 Å². The Bertz CT molecular complexity index is 2670. The number of benzene rings is 4. The normalized spacial score (nSPS) is 13.1. The molecule has 70 heavy (non-hydrogen) atoms. The van der Waals surface area contributed by atoms with Gasteiger partial charge >= 0.3 is 0 Å². The fourth-order valence-corrected chi connectivity index (χ4v) is 8.91. The largest absolute Gasteiger partial charge is 0.487 e. The van der Waals surface area contributed by atoms with E-state index in [4.69, 9.17) is 30.4 Å². The highest BCUT2D eigenvalue weighted by Crippen LogP contribution is 2.44. The fraction of sp³-hybridized carbons (Fsp3) is 0.400. The number of amides is 2. The third-order valence-electron chi connectivity index (χ3n) is 12.9. The molecule has 0 spiro atoms. The molecule has 7 rings (SSSR count). The van der Waals surface area contributed by atoms with Crippen LogP contribution in [-0.4, -0.2) is 35.0 Å². The number of rotatable bonds is 12. The van der Waals surface area contributed by atoms with Crippen LogP contribution >= 0.6 is 0 Å². The lowest BCUT2D eigenvalue weighted by Gasteiger charge is -2.29. The first kappa shape index (κ1) is 51.2. The molecular weight excluding hydrogens is 873 g/mol. The van der Waals surface area contributed by atoms with Crippen LogP contribution in [0.25, 0.3) is 0 Å². The lowest BCUT2D eigenvalue weighted by atomic mass is 9.79. The van der Waals surface area contributed by atoms with Crippen LogP contribution in [0.4, 0.5) is 0 Å². The number of hydrogen-bond acceptors (Lipinski definition) is 8. The molecule has 4 N–H and O–H groups in total. The molecule has 1 aliphatic carbocycles. The minimum absolute atomic E-state index is 0.239. The van der Waals surface area contributed by atoms with Gasteiger partial charge in [-0.15, -0.1) is 0 Å². The summed E-state index contributed by atoms with van der Waals surface area (Å²) in [4.78, 5) is 34.6. The van der Waals surface area contributed by atoms with Crippen molar-refractivity contribution in [3.63, 3.8) is 0 Å². The predicted octanol–water partition coefficient (Wildman–Crippen LogP) is 11.2. The second-order valence-electron chi connectivity index (χ2n) is 22.9. The van der Waals surface area contributed by atoms with Crippen LogP contribution in [-0.2, 0) is 70.1 Å². The van der Waals surface area contributed by atoms with Gasteiger partial charge in [-0.3, -0.25) is 19.6 Å². The van der Waals surface area contributed by atoms with Crippen LogP contribution in [0.15, 0.2) is 97.3 Å². The predicted molar refractivity (Wildman–Crippen MR) is 278 cm³/mol. The summed E-state index contributed by atoms with van der Waals surface area (Å²) in [6.45, 7) is 26.4. The zero-order chi connectivity index (χ0) is 50.8. The molecule has 1 aliphatic rings. The van der Waals surface area contributed by atoms with Gasteiger partial charge < -0.3 is 30.4 Å². The summed E-state index contributed by atoms with van der Waals surface area (Å²) in [6.07, 6.45) is 5.15. The van der Waals surface area contributed by atoms with E-state index >= 15 is 0 Å². The average molecular weight is 945 g/mol. The van der Waals surface area contributed by atoms with Crippen LogP contribution in [0.3, 0.4) is 0 Å². The number of pyridine rings is 2. The number of hydrogen-bond donors (Lipinski definition) is 2. The first-order valence-electron chi connectivity index (χ1n) is 24.4. The maximum atomic E-state index is 12.6. The third-order valence-corrected chi connectivity index (χ3v) is 12.9. The number of nitrogens with zero attached hydrogens (tertiary/aromatic N) is 2. The Labute approximate surface area is 415 Å². The van der Waals surface area contributed by atoms with Gasteiger partial charge in [0.1, 0.15) is 36.2 Å². The van der Waals surface area contributed by atoms with Gasteiger partial charge in [-0.2, -0.15) is 0 Å². The molecule has 10 nitrogen and oxygen atoms in total. The smallest absolute Gasteiger partial charge is 0.255 e. The molecule has 2 aromatic heterocycles. The van der Waals surface area contributed by atoms with E-state index in [0.717, 1.165) is 89.6 Å². The van der Waals surface area contributed by atoms with E-state index in [1.807, 2.05) is 36.4 Å². The van der Waals surface area contributed by atoms with Crippen LogP contribution in [0.5, 0.6) is 23.0 Å². The van der Waals surface area contributed by atoms with Gasteiger partial charge in [-0.25, -0.2) is 0 Å². The first-order chi connectivity index (χ1) is 32.8. The van der Waals surface area contributed by atoms with Gasteiger partial charge in [0, 0.05) is 38.1 Å². The van der Waals surface area contributed by atoms with Crippen LogP contribution in [0.2, 0.25) is 0 Å². The maximum absolute atomic E-state index is 12.6. The van der Waals surface area contributed by atoms with E-state index in [-0.39, 0.29) is 48.1 Å². The molecule has 0 saturated carbocycles. The second kappa shape index (κ2) is 20.3. The summed E-state index contributed by atoms with van der Waals surface area (Å²) >= 11 is 0. The maximum Gasteiger partial charge on any atom is 0.255 e. The van der Waals surface area contributed by atoms with E-state index < -0.39 is 11.8 Å². The topological polar surface area (TPSA) is 149 Å². The van der Waals surface area contributed by atoms with Crippen LogP contribution in [0.1, 0.15) is 161 Å². The van der Waals surface area contributed by atoms with Crippen molar-refractivity contribution in [1.29, 1.82) is 0 Å². The summed E-state index contributed by atoms with van der Waals surface area (Å²) in [6, 6.07) is 29.5. The molecule has 0 saturated heterocycles. The zero-order valence-corrected chi connectivity index (χ0v) is 43.4. The van der Waals surface area contributed by atoms with Gasteiger partial charge in [0.25, 0.3) is 11.8 Å². The molecule has 0 fully saturated rings. The monoisotopic (exact) mass is 945 g/mol. The van der Waals surface area contributed by atoms with Gasteiger partial charge in [0.15, 0.2) is 13.2 Å². The molecule has 2 heterocycles. The molecule has 0 atom stereocenters. The Hall–Kier alpha value is -6.68. The first-order valence-corrected chi connectivity index (χ1v) is 24.4. The summed E-state index contributed by atoms with van der Waals surface area (Å²) in [5, 5.41) is 0. The molecule has 8 bridgehead atoms. The average Bonchev–Trinajstić information content (AvgIpc) is 3.26. The van der Waals surface area contributed by atoms with Crippen molar-refractivity contribution in [3.8, 4) is 23.0 Å². The lowest BCUT2D eigenvalue weighted by molar-refractivity contribution is -0.120. The molecule has 10 heteroatoms. The van der Waals surface area contributed by atoms with Crippen molar-refractivity contribution in [1.82, 2.24) is 9.97 Å². The van der Waals surface area contributed by atoms with Crippen molar-refractivity contribution in [2.75, 3.05) is 13.2 Å². The standard InChI is InChI=1S/C60H72N4O6/c1-57(2,3)45-25-37-21-38-26-46(58(4,5)6)28-40(54(38)68-34-50-18-14-16-20-64-50)23-42-30-48(60(10,11)12)32-44(56(42)70-36-52(62)66)24-43-31-47(59(7,8)9)29-41(55(43)69-35-51(61)65)22-39(27-45)53(37)67-33-49-17-13-15-19-63-49/h13-20,25-32H,21-24,33-36H2,1-12H3,(H2,61,65)(H2,62,66). The number of carbonyl (C=O) groups excluding carboxylic acids is 2. The SMILES string of the molecule is CC(C)(C)c1cc2c(OCC(N)=O)c(c1)Cc1cc(C(C)(C)C)cc(c1OCc1ccccn1)Cc1cc(C(C)(C)C)cc(c1OCc1ccccn1)Cc1cc(C(C)(C)C)cc(c1OCC(N)=O)C2. The highest BCUT2D eigenvalue weighted by Gasteiger charge is 2.30. The van der Waals surface area contributed by atoms with E-state index in [2.05, 4.69) is 142 Å². The molecule has 2 amide bonds. The Kier molecular flexibility index (Phi) is 14.9. The zero-order valence-electron chi connectivity index (χ0n) is 43.4. The molecule has 6 aromatic rings. The van der Waals surface area contributed by atoms with Crippen molar-refractivity contribution in [2.45, 2.75) is 144 Å². The van der Waals surface area contributed by atoms with E-state index in [9.17, 15) is 9.59 Å². The Morgan fingerprint density at radius 3 is 0.857 bits per heavy atom. The van der Waals surface area contributed by atoms with Crippen molar-refractivity contribution >= 4 is 11.8 Å². The minimum atomic E-state index is -0.588. The molecule has 0 unspecified atom stereocenters. The summed E-state index contributed by atoms with van der Waals surface area (Å²) in [5.41, 5.74) is 24.0. The van der Waals surface area contributed by atoms with Gasteiger partial charge in [0.05, 0.1) is 11.4 Å². The van der Waals surface area contributed by atoms with Crippen molar-refractivity contribution < 1.29 is 28.5 Å². The summed E-state index contributed by atoms with van der Waals surface area (Å²) in [7, 11) is 0. The van der Waals surface area contributed by atoms with Gasteiger partial charge in [0.2, 0.25) is 0 Å². The molecule has 0 radical (unpaired) electrons. The summed E-state index contributed by atoms with van der Waals surface area (Å²) in [5.74, 6) is 1.44. The third kappa shape index (κ3) is 12.6. The Balaban J connectivity index is 1.63. The number of ether oxygens (including phenoxy) is 4. The van der Waals surface area contributed by atoms with Gasteiger partial charge in [-0.1, -0.05) is 144 Å². The molecule has 4 aromatic carbocycles. The number of aromatic nitrogens is 2. The number of carbonyl (C=O) groups is 2. The van der Waals surface area contributed by atoms with E-state index in [1.165, 1.54) is 0 Å².